The Morgan fingerprint density at radius 3 is 2.23 bits per heavy atom. The molecule has 1 saturated heterocycles. The molecule has 0 unspecified atom stereocenters. The van der Waals surface area contributed by atoms with Gasteiger partial charge in [0.15, 0.2) is 12.0 Å². The van der Waals surface area contributed by atoms with Gasteiger partial charge in [-0.1, -0.05) is 30.3 Å². The second-order valence-electron chi connectivity index (χ2n) is 8.36. The Morgan fingerprint density at radius 2 is 1.57 bits per heavy atom. The summed E-state index contributed by atoms with van der Waals surface area (Å²) in [5, 5.41) is 3.72. The number of fused-ring (bicyclic) bond motifs is 2. The van der Waals surface area contributed by atoms with Gasteiger partial charge in [-0.15, -0.1) is 0 Å². The maximum atomic E-state index is 12.8. The van der Waals surface area contributed by atoms with Crippen LogP contribution in [0.1, 0.15) is 12.8 Å². The van der Waals surface area contributed by atoms with Crippen LogP contribution in [0.25, 0.3) is 21.8 Å². The Kier molecular flexibility index (Phi) is 6.01. The van der Waals surface area contributed by atoms with Gasteiger partial charge in [0.25, 0.3) is 5.91 Å². The van der Waals surface area contributed by atoms with Gasteiger partial charge in [-0.25, -0.2) is 0 Å². The molecule has 2 amide bonds. The van der Waals surface area contributed by atoms with Crippen LogP contribution in [0.3, 0.4) is 0 Å². The predicted octanol–water partition coefficient (Wildman–Crippen LogP) is 3.46. The van der Waals surface area contributed by atoms with Gasteiger partial charge in [-0.3, -0.25) is 19.2 Å². The molecule has 5 rings (SSSR count). The van der Waals surface area contributed by atoms with Gasteiger partial charge >= 0.3 is 5.97 Å². The number of benzene rings is 3. The summed E-state index contributed by atoms with van der Waals surface area (Å²) in [7, 11) is 0. The van der Waals surface area contributed by atoms with Crippen molar-refractivity contribution >= 4 is 51.0 Å². The molecule has 176 valence electrons. The second kappa shape index (κ2) is 9.42. The molecule has 1 aliphatic rings. The normalized spacial score (nSPS) is 13.4. The van der Waals surface area contributed by atoms with E-state index in [4.69, 9.17) is 4.74 Å². The van der Waals surface area contributed by atoms with Crippen molar-refractivity contribution < 1.29 is 19.1 Å². The fourth-order valence-electron chi connectivity index (χ4n) is 4.44. The van der Waals surface area contributed by atoms with Crippen molar-refractivity contribution in [1.29, 1.82) is 0 Å². The molecule has 4 aromatic rings. The average molecular weight is 469 g/mol. The molecule has 0 saturated carbocycles. The second-order valence-corrected chi connectivity index (χ2v) is 8.36. The third kappa shape index (κ3) is 4.50. The van der Waals surface area contributed by atoms with Crippen molar-refractivity contribution in [3.8, 4) is 0 Å². The highest BCUT2D eigenvalue weighted by Crippen LogP contribution is 2.24. The first kappa shape index (κ1) is 22.3. The zero-order valence-corrected chi connectivity index (χ0v) is 18.9. The molecular formula is C27H23N3O5. The molecule has 1 N–H and O–H groups in total. The van der Waals surface area contributed by atoms with Gasteiger partial charge in [-0.2, -0.15) is 0 Å². The number of amides is 2. The van der Waals surface area contributed by atoms with E-state index >= 15 is 0 Å². The monoisotopic (exact) mass is 469 g/mol. The van der Waals surface area contributed by atoms with Crippen LogP contribution >= 0.6 is 0 Å². The number of carbonyl (C=O) groups is 3. The maximum absolute atomic E-state index is 12.8. The van der Waals surface area contributed by atoms with E-state index < -0.39 is 18.5 Å². The molecule has 35 heavy (non-hydrogen) atoms. The summed E-state index contributed by atoms with van der Waals surface area (Å²) in [6, 6.07) is 21.2. The van der Waals surface area contributed by atoms with Crippen LogP contribution in [0.15, 0.2) is 77.6 Å². The largest absolute Gasteiger partial charge is 0.454 e. The smallest absolute Gasteiger partial charge is 0.326 e. The molecule has 0 aliphatic carbocycles. The van der Waals surface area contributed by atoms with Crippen LogP contribution in [0.5, 0.6) is 0 Å². The molecule has 1 aromatic heterocycles. The molecule has 2 heterocycles. The molecule has 1 fully saturated rings. The van der Waals surface area contributed by atoms with Crippen molar-refractivity contribution in [2.45, 2.75) is 19.4 Å². The number of aromatic nitrogens is 1. The fourth-order valence-corrected chi connectivity index (χ4v) is 4.44. The number of anilines is 2. The lowest BCUT2D eigenvalue weighted by Crippen LogP contribution is -2.25. The van der Waals surface area contributed by atoms with Crippen molar-refractivity contribution in [3.63, 3.8) is 0 Å². The van der Waals surface area contributed by atoms with E-state index in [0.29, 0.717) is 40.5 Å². The van der Waals surface area contributed by atoms with Crippen LogP contribution in [-0.4, -0.2) is 35.5 Å². The van der Waals surface area contributed by atoms with Gasteiger partial charge in [0.2, 0.25) is 5.91 Å². The lowest BCUT2D eigenvalue weighted by atomic mass is 10.1. The summed E-state index contributed by atoms with van der Waals surface area (Å²) in [5.74, 6) is -1.03. The van der Waals surface area contributed by atoms with E-state index in [1.165, 1.54) is 0 Å². The number of pyridine rings is 1. The van der Waals surface area contributed by atoms with E-state index in [1.54, 1.807) is 76.2 Å². The van der Waals surface area contributed by atoms with Gasteiger partial charge in [-0.05, 0) is 48.9 Å². The zero-order valence-electron chi connectivity index (χ0n) is 18.9. The van der Waals surface area contributed by atoms with Crippen LogP contribution in [0, 0.1) is 0 Å². The van der Waals surface area contributed by atoms with Crippen LogP contribution in [0.2, 0.25) is 0 Å². The SMILES string of the molecule is O=C(COC(=O)Cn1c2ccccc2c(=O)c2ccccc21)Nc1cccc(N2CCCC2=O)c1. The number of carbonyl (C=O) groups excluding carboxylic acids is 3. The van der Waals surface area contributed by atoms with E-state index in [2.05, 4.69) is 5.32 Å². The Hall–Kier alpha value is -4.46. The quantitative estimate of drug-likeness (QED) is 0.345. The summed E-state index contributed by atoms with van der Waals surface area (Å²) in [6.45, 7) is 0.0467. The van der Waals surface area contributed by atoms with Gasteiger partial charge in [0, 0.05) is 35.1 Å². The summed E-state index contributed by atoms with van der Waals surface area (Å²) in [4.78, 5) is 51.6. The summed E-state index contributed by atoms with van der Waals surface area (Å²) < 4.78 is 6.97. The molecule has 0 radical (unpaired) electrons. The molecule has 8 heteroatoms. The number of rotatable bonds is 6. The molecule has 1 aliphatic heterocycles. The molecular weight excluding hydrogens is 446 g/mol. The Balaban J connectivity index is 1.28. The minimum atomic E-state index is -0.601. The van der Waals surface area contributed by atoms with Crippen LogP contribution in [0.4, 0.5) is 11.4 Å². The minimum Gasteiger partial charge on any atom is -0.454 e. The Labute approximate surface area is 200 Å². The number of nitrogens with one attached hydrogen (secondary N) is 1. The fraction of sp³-hybridized carbons (Fsp3) is 0.185. The van der Waals surface area contributed by atoms with Gasteiger partial charge in [0.1, 0.15) is 6.54 Å². The highest BCUT2D eigenvalue weighted by atomic mass is 16.5. The van der Waals surface area contributed by atoms with Crippen molar-refractivity contribution in [2.24, 2.45) is 0 Å². The zero-order chi connectivity index (χ0) is 24.4. The summed E-state index contributed by atoms with van der Waals surface area (Å²) >= 11 is 0. The average Bonchev–Trinajstić information content (AvgIpc) is 3.31. The third-order valence-corrected chi connectivity index (χ3v) is 6.05. The number of hydrogen-bond donors (Lipinski definition) is 1. The van der Waals surface area contributed by atoms with Crippen molar-refractivity contribution in [1.82, 2.24) is 4.57 Å². The Morgan fingerprint density at radius 1 is 0.886 bits per heavy atom. The molecule has 0 bridgehead atoms. The highest BCUT2D eigenvalue weighted by Gasteiger charge is 2.22. The number of ether oxygens (including phenoxy) is 1. The lowest BCUT2D eigenvalue weighted by molar-refractivity contribution is -0.147. The first-order chi connectivity index (χ1) is 17.0. The number of esters is 1. The molecule has 8 nitrogen and oxygen atoms in total. The minimum absolute atomic E-state index is 0.0602. The van der Waals surface area contributed by atoms with Crippen LogP contribution < -0.4 is 15.6 Å². The lowest BCUT2D eigenvalue weighted by Gasteiger charge is -2.17. The summed E-state index contributed by atoms with van der Waals surface area (Å²) in [6.07, 6.45) is 1.33. The maximum Gasteiger partial charge on any atom is 0.326 e. The number of hydrogen-bond acceptors (Lipinski definition) is 5. The van der Waals surface area contributed by atoms with Crippen molar-refractivity contribution in [3.05, 3.63) is 83.0 Å². The first-order valence-corrected chi connectivity index (χ1v) is 11.4. The standard InChI is InChI=1S/C27H23N3O5/c31-24(28-18-7-5-8-19(15-18)29-14-6-13-25(29)32)17-35-26(33)16-30-22-11-3-1-9-20(22)27(34)21-10-2-4-12-23(21)30/h1-5,7-12,15H,6,13-14,16-17H2,(H,28,31). The first-order valence-electron chi connectivity index (χ1n) is 11.4. The molecule has 3 aromatic carbocycles. The van der Waals surface area contributed by atoms with E-state index in [0.717, 1.165) is 12.1 Å². The highest BCUT2D eigenvalue weighted by molar-refractivity contribution is 5.98. The van der Waals surface area contributed by atoms with E-state index in [1.807, 2.05) is 6.07 Å². The van der Waals surface area contributed by atoms with E-state index in [9.17, 15) is 19.2 Å². The Bertz CT molecular complexity index is 1460. The molecule has 0 atom stereocenters. The third-order valence-electron chi connectivity index (χ3n) is 6.05. The van der Waals surface area contributed by atoms with E-state index in [-0.39, 0.29) is 17.9 Å². The van der Waals surface area contributed by atoms with Crippen molar-refractivity contribution in [2.75, 3.05) is 23.4 Å². The predicted molar refractivity (Wildman–Crippen MR) is 133 cm³/mol. The summed E-state index contributed by atoms with van der Waals surface area (Å²) in [5.41, 5.74) is 2.37. The van der Waals surface area contributed by atoms with Crippen LogP contribution in [-0.2, 0) is 25.7 Å². The van der Waals surface area contributed by atoms with Gasteiger partial charge < -0.3 is 19.5 Å². The topological polar surface area (TPSA) is 97.7 Å². The number of nitrogens with zero attached hydrogens (tertiary/aromatic N) is 2. The molecule has 0 spiro atoms. The van der Waals surface area contributed by atoms with Gasteiger partial charge in [0.05, 0.1) is 11.0 Å². The number of para-hydroxylation sites is 2.